The van der Waals surface area contributed by atoms with Crippen LogP contribution in [0.3, 0.4) is 0 Å². The number of nitrogens with two attached hydrogens (primary N) is 1. The average molecular weight is 397 g/mol. The topological polar surface area (TPSA) is 95.7 Å². The Kier molecular flexibility index (Phi) is 8.89. The molecule has 0 saturated carbocycles. The van der Waals surface area contributed by atoms with Crippen LogP contribution in [-0.2, 0) is 14.3 Å². The van der Waals surface area contributed by atoms with Crippen molar-refractivity contribution in [1.82, 2.24) is 0 Å². The molecular weight excluding hydrogens is 370 g/mol. The molecule has 1 amide bonds. The van der Waals surface area contributed by atoms with Gasteiger partial charge in [0.05, 0.1) is 13.0 Å². The first-order valence-electron chi connectivity index (χ1n) is 9.81. The molecule has 0 spiro atoms. The highest BCUT2D eigenvalue weighted by Crippen LogP contribution is 2.19. The van der Waals surface area contributed by atoms with E-state index in [2.05, 4.69) is 6.92 Å². The van der Waals surface area contributed by atoms with Crippen LogP contribution < -0.4 is 10.5 Å². The summed E-state index contributed by atoms with van der Waals surface area (Å²) < 4.78 is 10.8. The predicted molar refractivity (Wildman–Crippen MR) is 109 cm³/mol. The van der Waals surface area contributed by atoms with Gasteiger partial charge in [-0.1, -0.05) is 50.1 Å². The van der Waals surface area contributed by atoms with Crippen LogP contribution in [0.15, 0.2) is 54.6 Å². The maximum absolute atomic E-state index is 12.3. The molecule has 0 aliphatic carbocycles. The van der Waals surface area contributed by atoms with Crippen molar-refractivity contribution in [3.8, 4) is 5.75 Å². The molecule has 154 valence electrons. The molecule has 2 aromatic rings. The number of benzene rings is 2. The molecule has 0 saturated heterocycles. The molecule has 0 heterocycles. The summed E-state index contributed by atoms with van der Waals surface area (Å²) in [6.07, 6.45) is 1.93. The normalized spacial score (nSPS) is 11.5. The highest BCUT2D eigenvalue weighted by atomic mass is 16.5. The molecule has 1 atom stereocenters. The minimum Gasteiger partial charge on any atom is -0.494 e. The molecule has 0 aliphatic heterocycles. The lowest BCUT2D eigenvalue weighted by Crippen LogP contribution is -2.26. The Morgan fingerprint density at radius 2 is 1.62 bits per heavy atom. The molecule has 2 rings (SSSR count). The molecule has 6 nitrogen and oxygen atoms in total. The number of amides is 1. The number of esters is 1. The summed E-state index contributed by atoms with van der Waals surface area (Å²) in [5, 5.41) is 0. The van der Waals surface area contributed by atoms with Gasteiger partial charge in [-0.15, -0.1) is 0 Å². The lowest BCUT2D eigenvalue weighted by atomic mass is 10.1. The highest BCUT2D eigenvalue weighted by Gasteiger charge is 2.22. The van der Waals surface area contributed by atoms with Gasteiger partial charge < -0.3 is 15.2 Å². The molecule has 0 aliphatic rings. The molecule has 0 unspecified atom stereocenters. The van der Waals surface area contributed by atoms with E-state index >= 15 is 0 Å². The highest BCUT2D eigenvalue weighted by molar-refractivity contribution is 5.97. The lowest BCUT2D eigenvalue weighted by Gasteiger charge is -2.14. The molecule has 2 aromatic carbocycles. The van der Waals surface area contributed by atoms with Crippen molar-refractivity contribution in [3.05, 3.63) is 65.7 Å². The Balaban J connectivity index is 1.83. The number of carbonyl (C=O) groups is 3. The number of primary amides is 1. The van der Waals surface area contributed by atoms with Crippen molar-refractivity contribution < 1.29 is 23.9 Å². The zero-order valence-corrected chi connectivity index (χ0v) is 16.6. The van der Waals surface area contributed by atoms with Crippen LogP contribution in [0.1, 0.15) is 61.1 Å². The number of unbranched alkanes of at least 4 members (excludes halogenated alkanes) is 2. The SMILES string of the molecule is CCCCCOc1ccc(C(=O)CCC(=O)O[C@@H](C(N)=O)c2ccccc2)cc1. The van der Waals surface area contributed by atoms with Crippen molar-refractivity contribution in [1.29, 1.82) is 0 Å². The first-order valence-corrected chi connectivity index (χ1v) is 9.81. The van der Waals surface area contributed by atoms with Gasteiger partial charge in [0.25, 0.3) is 5.91 Å². The van der Waals surface area contributed by atoms with Crippen LogP contribution in [0.25, 0.3) is 0 Å². The van der Waals surface area contributed by atoms with Crippen molar-refractivity contribution in [2.45, 2.75) is 45.1 Å². The van der Waals surface area contributed by atoms with Gasteiger partial charge in [0, 0.05) is 17.5 Å². The Morgan fingerprint density at radius 3 is 2.24 bits per heavy atom. The molecule has 0 bridgehead atoms. The summed E-state index contributed by atoms with van der Waals surface area (Å²) >= 11 is 0. The molecule has 0 aromatic heterocycles. The summed E-state index contributed by atoms with van der Waals surface area (Å²) in [4.78, 5) is 36.0. The van der Waals surface area contributed by atoms with Gasteiger partial charge in [0.1, 0.15) is 5.75 Å². The number of ether oxygens (including phenoxy) is 2. The second-order valence-electron chi connectivity index (χ2n) is 6.69. The summed E-state index contributed by atoms with van der Waals surface area (Å²) in [5.74, 6) is -0.883. The van der Waals surface area contributed by atoms with E-state index < -0.39 is 18.0 Å². The minimum absolute atomic E-state index is 0.0180. The van der Waals surface area contributed by atoms with E-state index in [4.69, 9.17) is 15.2 Å². The van der Waals surface area contributed by atoms with Gasteiger partial charge in [-0.2, -0.15) is 0 Å². The zero-order valence-electron chi connectivity index (χ0n) is 16.6. The van der Waals surface area contributed by atoms with Gasteiger partial charge >= 0.3 is 5.97 Å². The zero-order chi connectivity index (χ0) is 21.1. The molecule has 0 fully saturated rings. The van der Waals surface area contributed by atoms with Gasteiger partial charge in [-0.25, -0.2) is 0 Å². The third-order valence-corrected chi connectivity index (χ3v) is 4.36. The Bertz CT molecular complexity index is 802. The van der Waals surface area contributed by atoms with Crippen LogP contribution in [0.2, 0.25) is 0 Å². The van der Waals surface area contributed by atoms with Crippen LogP contribution in [0.4, 0.5) is 0 Å². The largest absolute Gasteiger partial charge is 0.494 e. The second-order valence-corrected chi connectivity index (χ2v) is 6.69. The third-order valence-electron chi connectivity index (χ3n) is 4.36. The monoisotopic (exact) mass is 397 g/mol. The van der Waals surface area contributed by atoms with Crippen molar-refractivity contribution in [2.75, 3.05) is 6.61 Å². The van der Waals surface area contributed by atoms with E-state index in [0.717, 1.165) is 19.3 Å². The Hall–Kier alpha value is -3.15. The quantitative estimate of drug-likeness (QED) is 0.332. The standard InChI is InChI=1S/C23H27NO5/c1-2-3-7-16-28-19-12-10-17(11-13-19)20(25)14-15-21(26)29-22(23(24)27)18-8-5-4-6-9-18/h4-6,8-13,22H,2-3,7,14-16H2,1H3,(H2,24,27)/t22-/m1/s1. The van der Waals surface area contributed by atoms with Gasteiger partial charge in [-0.05, 0) is 30.7 Å². The van der Waals surface area contributed by atoms with Gasteiger partial charge in [0.15, 0.2) is 5.78 Å². The number of ketones is 1. The van der Waals surface area contributed by atoms with Crippen LogP contribution in [0.5, 0.6) is 5.75 Å². The van der Waals surface area contributed by atoms with E-state index in [1.54, 1.807) is 54.6 Å². The summed E-state index contributed by atoms with van der Waals surface area (Å²) in [6.45, 7) is 2.78. The molecule has 0 radical (unpaired) electrons. The van der Waals surface area contributed by atoms with E-state index in [-0.39, 0.29) is 18.6 Å². The number of carbonyl (C=O) groups excluding carboxylic acids is 3. The summed E-state index contributed by atoms with van der Waals surface area (Å²) in [7, 11) is 0. The van der Waals surface area contributed by atoms with Gasteiger partial charge in [0.2, 0.25) is 6.10 Å². The van der Waals surface area contributed by atoms with E-state index in [9.17, 15) is 14.4 Å². The van der Waals surface area contributed by atoms with Gasteiger partial charge in [-0.3, -0.25) is 14.4 Å². The Morgan fingerprint density at radius 1 is 0.931 bits per heavy atom. The van der Waals surface area contributed by atoms with Crippen LogP contribution in [-0.4, -0.2) is 24.3 Å². The molecule has 6 heteroatoms. The smallest absolute Gasteiger partial charge is 0.307 e. The van der Waals surface area contributed by atoms with E-state index in [1.165, 1.54) is 0 Å². The lowest BCUT2D eigenvalue weighted by molar-refractivity contribution is -0.155. The average Bonchev–Trinajstić information content (AvgIpc) is 2.74. The molecule has 2 N–H and O–H groups in total. The van der Waals surface area contributed by atoms with Crippen molar-refractivity contribution in [2.24, 2.45) is 5.73 Å². The predicted octanol–water partition coefficient (Wildman–Crippen LogP) is 3.99. The number of hydrogen-bond donors (Lipinski definition) is 1. The van der Waals surface area contributed by atoms with E-state index in [0.29, 0.717) is 23.5 Å². The van der Waals surface area contributed by atoms with Crippen molar-refractivity contribution in [3.63, 3.8) is 0 Å². The number of rotatable bonds is 12. The maximum atomic E-state index is 12.3. The van der Waals surface area contributed by atoms with Crippen LogP contribution >= 0.6 is 0 Å². The fraction of sp³-hybridized carbons (Fsp3) is 0.348. The number of Topliss-reactive ketones (excluding diaryl/α,β-unsaturated/α-hetero) is 1. The Labute approximate surface area is 171 Å². The fourth-order valence-corrected chi connectivity index (χ4v) is 2.75. The maximum Gasteiger partial charge on any atom is 0.307 e. The first-order chi connectivity index (χ1) is 14.0. The first kappa shape index (κ1) is 22.1. The summed E-state index contributed by atoms with van der Waals surface area (Å²) in [6, 6.07) is 15.4. The summed E-state index contributed by atoms with van der Waals surface area (Å²) in [5.41, 5.74) is 6.32. The fourth-order valence-electron chi connectivity index (χ4n) is 2.75. The molecule has 29 heavy (non-hydrogen) atoms. The minimum atomic E-state index is -1.16. The third kappa shape index (κ3) is 7.41. The molecular formula is C23H27NO5. The van der Waals surface area contributed by atoms with E-state index in [1.807, 2.05) is 0 Å². The van der Waals surface area contributed by atoms with Crippen molar-refractivity contribution >= 4 is 17.7 Å². The second kappa shape index (κ2) is 11.6. The number of hydrogen-bond acceptors (Lipinski definition) is 5. The van der Waals surface area contributed by atoms with Crippen LogP contribution in [0, 0.1) is 0 Å².